The predicted molar refractivity (Wildman–Crippen MR) is 88.9 cm³/mol. The highest BCUT2D eigenvalue weighted by Crippen LogP contribution is 2.38. The number of nitro benzene ring substituents is 1. The average molecular weight is 319 g/mol. The molecule has 1 aromatic carbocycles. The third-order valence-electron chi connectivity index (χ3n) is 4.97. The van der Waals surface area contributed by atoms with Gasteiger partial charge >= 0.3 is 0 Å². The van der Waals surface area contributed by atoms with E-state index in [4.69, 9.17) is 5.73 Å². The highest BCUT2D eigenvalue weighted by Gasteiger charge is 2.32. The van der Waals surface area contributed by atoms with E-state index in [1.807, 2.05) is 6.07 Å². The summed E-state index contributed by atoms with van der Waals surface area (Å²) in [4.78, 5) is 22.8. The summed E-state index contributed by atoms with van der Waals surface area (Å²) in [5, 5.41) is 13.9. The van der Waals surface area contributed by atoms with Gasteiger partial charge in [0.1, 0.15) is 0 Å². The molecule has 6 nitrogen and oxygen atoms in total. The second kappa shape index (κ2) is 7.55. The molecule has 0 spiro atoms. The van der Waals surface area contributed by atoms with Gasteiger partial charge in [0.2, 0.25) is 5.91 Å². The van der Waals surface area contributed by atoms with Gasteiger partial charge in [-0.1, -0.05) is 31.4 Å². The lowest BCUT2D eigenvalue weighted by molar-refractivity contribution is -0.385. The molecule has 0 bridgehead atoms. The number of amides is 1. The summed E-state index contributed by atoms with van der Waals surface area (Å²) in [7, 11) is 0. The van der Waals surface area contributed by atoms with E-state index in [-0.39, 0.29) is 17.0 Å². The van der Waals surface area contributed by atoms with Crippen molar-refractivity contribution in [2.75, 3.05) is 6.54 Å². The molecule has 1 aliphatic carbocycles. The summed E-state index contributed by atoms with van der Waals surface area (Å²) < 4.78 is 0. The molecule has 0 atom stereocenters. The Kier molecular flexibility index (Phi) is 5.71. The number of nitrogens with one attached hydrogen (secondary N) is 1. The molecular weight excluding hydrogens is 294 g/mol. The summed E-state index contributed by atoms with van der Waals surface area (Å²) in [5.41, 5.74) is 7.31. The first-order chi connectivity index (χ1) is 11.0. The van der Waals surface area contributed by atoms with Gasteiger partial charge in [0.05, 0.1) is 4.92 Å². The summed E-state index contributed by atoms with van der Waals surface area (Å²) in [6.45, 7) is 2.56. The van der Waals surface area contributed by atoms with Gasteiger partial charge < -0.3 is 11.1 Å². The Balaban J connectivity index is 1.97. The van der Waals surface area contributed by atoms with Crippen molar-refractivity contribution in [2.24, 2.45) is 11.1 Å². The number of nitro groups is 1. The molecule has 6 heteroatoms. The third-order valence-corrected chi connectivity index (χ3v) is 4.97. The molecule has 0 unspecified atom stereocenters. The van der Waals surface area contributed by atoms with Crippen molar-refractivity contribution in [2.45, 2.75) is 52.0 Å². The molecule has 126 valence electrons. The first-order valence-electron chi connectivity index (χ1n) is 8.17. The Bertz CT molecular complexity index is 580. The van der Waals surface area contributed by atoms with E-state index in [2.05, 4.69) is 5.32 Å². The van der Waals surface area contributed by atoms with Crippen molar-refractivity contribution in [3.63, 3.8) is 0 Å². The molecule has 0 aliphatic heterocycles. The molecule has 1 saturated carbocycles. The average Bonchev–Trinajstić information content (AvgIpc) is 2.54. The van der Waals surface area contributed by atoms with Gasteiger partial charge in [-0.3, -0.25) is 14.9 Å². The van der Waals surface area contributed by atoms with Crippen molar-refractivity contribution >= 4 is 11.6 Å². The predicted octanol–water partition coefficient (Wildman–Crippen LogP) is 2.82. The number of nitrogens with zero attached hydrogens (tertiary/aromatic N) is 1. The highest BCUT2D eigenvalue weighted by molar-refractivity contribution is 5.76. The molecule has 1 aromatic rings. The van der Waals surface area contributed by atoms with Gasteiger partial charge in [0, 0.05) is 24.6 Å². The van der Waals surface area contributed by atoms with Crippen LogP contribution in [0.15, 0.2) is 18.2 Å². The number of carbonyl (C=O) groups excluding carboxylic acids is 1. The maximum absolute atomic E-state index is 12.3. The Morgan fingerprint density at radius 3 is 2.65 bits per heavy atom. The van der Waals surface area contributed by atoms with E-state index >= 15 is 0 Å². The fourth-order valence-corrected chi connectivity index (χ4v) is 3.41. The minimum absolute atomic E-state index is 0.0248. The Morgan fingerprint density at radius 1 is 1.35 bits per heavy atom. The lowest BCUT2D eigenvalue weighted by Gasteiger charge is -2.35. The highest BCUT2D eigenvalue weighted by atomic mass is 16.6. The first kappa shape index (κ1) is 17.4. The quantitative estimate of drug-likeness (QED) is 0.622. The van der Waals surface area contributed by atoms with Gasteiger partial charge in [0.15, 0.2) is 0 Å². The van der Waals surface area contributed by atoms with Crippen molar-refractivity contribution in [3.8, 4) is 0 Å². The molecule has 23 heavy (non-hydrogen) atoms. The summed E-state index contributed by atoms with van der Waals surface area (Å²) in [5.74, 6) is -0.0248. The van der Waals surface area contributed by atoms with E-state index in [0.29, 0.717) is 25.1 Å². The molecular formula is C17H25N3O3. The van der Waals surface area contributed by atoms with Crippen molar-refractivity contribution in [3.05, 3.63) is 39.4 Å². The number of rotatable bonds is 6. The summed E-state index contributed by atoms with van der Waals surface area (Å²) >= 11 is 0. The molecule has 0 heterocycles. The summed E-state index contributed by atoms with van der Waals surface area (Å²) in [6.07, 6.45) is 5.94. The number of nitrogens with two attached hydrogens (primary N) is 1. The molecule has 0 radical (unpaired) electrons. The fourth-order valence-electron chi connectivity index (χ4n) is 3.41. The van der Waals surface area contributed by atoms with Crippen molar-refractivity contribution in [1.29, 1.82) is 0 Å². The van der Waals surface area contributed by atoms with Crippen molar-refractivity contribution < 1.29 is 9.72 Å². The molecule has 2 rings (SSSR count). The normalized spacial score (nSPS) is 16.8. The van der Waals surface area contributed by atoms with Gasteiger partial charge in [-0.25, -0.2) is 0 Å². The van der Waals surface area contributed by atoms with Crippen LogP contribution in [-0.4, -0.2) is 17.4 Å². The SMILES string of the molecule is Cc1c(CNC(=O)CC2(CN)CCCCC2)cccc1[N+](=O)[O-]. The second-order valence-electron chi connectivity index (χ2n) is 6.54. The molecule has 1 amide bonds. The standard InChI is InChI=1S/C17H25N3O3/c1-13-14(6-5-7-15(13)20(22)23)11-19-16(21)10-17(12-18)8-3-2-4-9-17/h5-7H,2-4,8-12,18H2,1H3,(H,19,21). The van der Waals surface area contributed by atoms with E-state index in [1.165, 1.54) is 12.5 Å². The third kappa shape index (κ3) is 4.28. The van der Waals surface area contributed by atoms with Crippen LogP contribution in [0.5, 0.6) is 0 Å². The van der Waals surface area contributed by atoms with Crippen LogP contribution in [0.1, 0.15) is 49.7 Å². The first-order valence-corrected chi connectivity index (χ1v) is 8.17. The van der Waals surface area contributed by atoms with Crippen LogP contribution in [0.3, 0.4) is 0 Å². The topological polar surface area (TPSA) is 98.3 Å². The number of hydrogen-bond acceptors (Lipinski definition) is 4. The van der Waals surface area contributed by atoms with E-state index < -0.39 is 4.92 Å². The Hall–Kier alpha value is -1.95. The Morgan fingerprint density at radius 2 is 2.04 bits per heavy atom. The molecule has 3 N–H and O–H groups in total. The van der Waals surface area contributed by atoms with Crippen LogP contribution in [-0.2, 0) is 11.3 Å². The second-order valence-corrected chi connectivity index (χ2v) is 6.54. The van der Waals surface area contributed by atoms with E-state index in [9.17, 15) is 14.9 Å². The largest absolute Gasteiger partial charge is 0.352 e. The zero-order valence-electron chi connectivity index (χ0n) is 13.6. The lowest BCUT2D eigenvalue weighted by Crippen LogP contribution is -2.38. The Labute approximate surface area is 136 Å². The van der Waals surface area contributed by atoms with E-state index in [0.717, 1.165) is 31.2 Å². The minimum Gasteiger partial charge on any atom is -0.352 e. The van der Waals surface area contributed by atoms with Crippen LogP contribution in [0.4, 0.5) is 5.69 Å². The number of carbonyl (C=O) groups is 1. The zero-order chi connectivity index (χ0) is 16.9. The summed E-state index contributed by atoms with van der Waals surface area (Å²) in [6, 6.07) is 4.93. The smallest absolute Gasteiger partial charge is 0.272 e. The van der Waals surface area contributed by atoms with Gasteiger partial charge in [0.25, 0.3) is 5.69 Å². The van der Waals surface area contributed by atoms with Gasteiger partial charge in [-0.15, -0.1) is 0 Å². The van der Waals surface area contributed by atoms with Gasteiger partial charge in [-0.05, 0) is 37.3 Å². The molecule has 0 aromatic heterocycles. The maximum atomic E-state index is 12.3. The van der Waals surface area contributed by atoms with Crippen LogP contribution in [0, 0.1) is 22.5 Å². The van der Waals surface area contributed by atoms with Crippen LogP contribution in [0.25, 0.3) is 0 Å². The van der Waals surface area contributed by atoms with Crippen LogP contribution < -0.4 is 11.1 Å². The minimum atomic E-state index is -0.397. The van der Waals surface area contributed by atoms with Crippen molar-refractivity contribution in [1.82, 2.24) is 5.32 Å². The number of benzene rings is 1. The van der Waals surface area contributed by atoms with Crippen LogP contribution in [0.2, 0.25) is 0 Å². The van der Waals surface area contributed by atoms with Crippen LogP contribution >= 0.6 is 0 Å². The number of hydrogen-bond donors (Lipinski definition) is 2. The maximum Gasteiger partial charge on any atom is 0.272 e. The fraction of sp³-hybridized carbons (Fsp3) is 0.588. The zero-order valence-corrected chi connectivity index (χ0v) is 13.6. The molecule has 0 saturated heterocycles. The van der Waals surface area contributed by atoms with Gasteiger partial charge in [-0.2, -0.15) is 0 Å². The monoisotopic (exact) mass is 319 g/mol. The van der Waals surface area contributed by atoms with E-state index in [1.54, 1.807) is 13.0 Å². The molecule has 1 aliphatic rings. The lowest BCUT2D eigenvalue weighted by atomic mass is 9.71. The molecule has 1 fully saturated rings.